The quantitative estimate of drug-likeness (QED) is 0.509. The Balaban J connectivity index is 0.00000289. The molecule has 1 spiro atoms. The maximum absolute atomic E-state index is 14.9. The summed E-state index contributed by atoms with van der Waals surface area (Å²) in [5.74, 6) is 0.739. The average Bonchev–Trinajstić information content (AvgIpc) is 3.43. The molecule has 2 N–H and O–H groups in total. The highest BCUT2D eigenvalue weighted by molar-refractivity contribution is 5.92. The molecule has 1 atom stereocenters. The molecule has 188 valence electrons. The van der Waals surface area contributed by atoms with Gasteiger partial charge in [0.25, 0.3) is 0 Å². The van der Waals surface area contributed by atoms with Crippen molar-refractivity contribution in [3.8, 4) is 11.3 Å². The minimum atomic E-state index is -0.300. The van der Waals surface area contributed by atoms with Crippen molar-refractivity contribution in [2.45, 2.75) is 39.2 Å². The number of anilines is 1. The van der Waals surface area contributed by atoms with Crippen molar-refractivity contribution in [3.05, 3.63) is 42.3 Å². The van der Waals surface area contributed by atoms with E-state index in [-0.39, 0.29) is 35.6 Å². The Morgan fingerprint density at radius 1 is 1.23 bits per heavy atom. The smallest absolute Gasteiger partial charge is 0.227 e. The van der Waals surface area contributed by atoms with Crippen LogP contribution in [0.1, 0.15) is 39.2 Å². The summed E-state index contributed by atoms with van der Waals surface area (Å²) in [5.41, 5.74) is 2.12. The molecule has 2 aliphatic heterocycles. The minimum Gasteiger partial charge on any atom is -0.359 e. The Morgan fingerprint density at radius 2 is 2.00 bits per heavy atom. The van der Waals surface area contributed by atoms with Gasteiger partial charge in [0.2, 0.25) is 11.9 Å². The van der Waals surface area contributed by atoms with Gasteiger partial charge in [0, 0.05) is 68.3 Å². The summed E-state index contributed by atoms with van der Waals surface area (Å²) in [6.45, 7) is 8.14. The van der Waals surface area contributed by atoms with Crippen molar-refractivity contribution < 1.29 is 9.18 Å². The highest BCUT2D eigenvalue weighted by atomic mass is 35.5. The molecule has 9 heteroatoms. The van der Waals surface area contributed by atoms with Gasteiger partial charge in [0.15, 0.2) is 0 Å². The zero-order valence-corrected chi connectivity index (χ0v) is 21.4. The molecular formula is C26H34ClFN6O. The van der Waals surface area contributed by atoms with Crippen LogP contribution in [0.4, 0.5) is 10.3 Å². The largest absolute Gasteiger partial charge is 0.359 e. The third-order valence-electron chi connectivity index (χ3n) is 7.25. The van der Waals surface area contributed by atoms with Crippen molar-refractivity contribution in [3.63, 3.8) is 0 Å². The van der Waals surface area contributed by atoms with Crippen LogP contribution in [0.15, 0.2) is 36.5 Å². The summed E-state index contributed by atoms with van der Waals surface area (Å²) in [5, 5.41) is 6.95. The van der Waals surface area contributed by atoms with Crippen LogP contribution < -0.4 is 15.5 Å². The summed E-state index contributed by atoms with van der Waals surface area (Å²) in [4.78, 5) is 24.5. The van der Waals surface area contributed by atoms with Crippen LogP contribution >= 0.6 is 12.4 Å². The monoisotopic (exact) mass is 500 g/mol. The number of aromatic nitrogens is 3. The molecule has 3 aromatic rings. The van der Waals surface area contributed by atoms with E-state index in [4.69, 9.17) is 9.97 Å². The first-order valence-corrected chi connectivity index (χ1v) is 12.2. The normalized spacial score (nSPS) is 17.5. The maximum atomic E-state index is 14.9. The Hall–Kier alpha value is -2.71. The first-order chi connectivity index (χ1) is 16.4. The van der Waals surface area contributed by atoms with Gasteiger partial charge in [0.05, 0.1) is 5.69 Å². The Kier molecular flexibility index (Phi) is 7.33. The van der Waals surface area contributed by atoms with E-state index in [1.54, 1.807) is 19.2 Å². The molecule has 0 radical (unpaired) electrons. The maximum Gasteiger partial charge on any atom is 0.227 e. The van der Waals surface area contributed by atoms with Crippen LogP contribution in [0.25, 0.3) is 22.3 Å². The Morgan fingerprint density at radius 3 is 2.63 bits per heavy atom. The zero-order chi connectivity index (χ0) is 23.9. The molecule has 7 nitrogen and oxygen atoms in total. The van der Waals surface area contributed by atoms with Crippen molar-refractivity contribution >= 4 is 35.3 Å². The van der Waals surface area contributed by atoms with Gasteiger partial charge in [0.1, 0.15) is 11.5 Å². The fourth-order valence-corrected chi connectivity index (χ4v) is 5.34. The molecule has 2 aliphatic rings. The molecule has 0 aliphatic carbocycles. The second-order valence-corrected chi connectivity index (χ2v) is 10.2. The van der Waals surface area contributed by atoms with Gasteiger partial charge < -0.3 is 20.1 Å². The Labute approximate surface area is 211 Å². The molecule has 1 amide bonds. The summed E-state index contributed by atoms with van der Waals surface area (Å²) in [7, 11) is 1.66. The zero-order valence-electron chi connectivity index (χ0n) is 20.6. The van der Waals surface area contributed by atoms with E-state index in [1.807, 2.05) is 18.3 Å². The van der Waals surface area contributed by atoms with Gasteiger partial charge in [-0.3, -0.25) is 4.79 Å². The summed E-state index contributed by atoms with van der Waals surface area (Å²) in [6, 6.07) is 8.68. The molecule has 0 saturated carbocycles. The molecule has 1 aromatic carbocycles. The van der Waals surface area contributed by atoms with Crippen LogP contribution in [0.3, 0.4) is 0 Å². The van der Waals surface area contributed by atoms with Gasteiger partial charge in [-0.25, -0.2) is 9.37 Å². The molecular weight excluding hydrogens is 467 g/mol. The van der Waals surface area contributed by atoms with E-state index in [0.717, 1.165) is 50.1 Å². The lowest BCUT2D eigenvalue weighted by atomic mass is 9.81. The van der Waals surface area contributed by atoms with Crippen LogP contribution in [-0.2, 0) is 4.79 Å². The molecule has 2 aromatic heterocycles. The number of nitrogens with zero attached hydrogens (tertiary/aromatic N) is 4. The number of hydrogen-bond donors (Lipinski definition) is 2. The SMILES string of the molecule is CNC(=O)CC(CC(C)C)n1ccc2c(-c3ccccc3F)nc(N3CCC4(CNC4)C3)nc21.Cl. The number of nitrogens with one attached hydrogen (secondary N) is 2. The molecule has 5 rings (SSSR count). The van der Waals surface area contributed by atoms with Crippen molar-refractivity contribution in [1.82, 2.24) is 25.2 Å². The number of carbonyl (C=O) groups is 1. The van der Waals surface area contributed by atoms with Crippen LogP contribution in [-0.4, -0.2) is 53.7 Å². The molecule has 4 heterocycles. The lowest BCUT2D eigenvalue weighted by Crippen LogP contribution is -2.54. The summed E-state index contributed by atoms with van der Waals surface area (Å²) < 4.78 is 17.0. The predicted molar refractivity (Wildman–Crippen MR) is 139 cm³/mol. The van der Waals surface area contributed by atoms with Crippen LogP contribution in [0.5, 0.6) is 0 Å². The number of rotatable bonds is 7. The number of carbonyl (C=O) groups excluding carboxylic acids is 1. The van der Waals surface area contributed by atoms with Crippen LogP contribution in [0.2, 0.25) is 0 Å². The number of halogens is 2. The minimum absolute atomic E-state index is 0. The van der Waals surface area contributed by atoms with Crippen LogP contribution in [0, 0.1) is 17.2 Å². The fraction of sp³-hybridized carbons (Fsp3) is 0.500. The van der Waals surface area contributed by atoms with Crippen molar-refractivity contribution in [1.29, 1.82) is 0 Å². The van der Waals surface area contributed by atoms with E-state index >= 15 is 0 Å². The van der Waals surface area contributed by atoms with E-state index < -0.39 is 0 Å². The van der Waals surface area contributed by atoms with Gasteiger partial charge in [-0.15, -0.1) is 12.4 Å². The van der Waals surface area contributed by atoms with E-state index in [2.05, 4.69) is 33.9 Å². The molecule has 2 saturated heterocycles. The van der Waals surface area contributed by atoms with Crippen molar-refractivity contribution in [2.24, 2.45) is 11.3 Å². The standard InChI is InChI=1S/C26H33FN6O.ClH/c1-17(2)12-18(13-22(34)28-3)33-10-8-20-23(19-6-4-5-7-21(19)27)30-25(31-24(20)33)32-11-9-26(16-32)14-29-15-26;/h4-8,10,17-18,29H,9,11-16H2,1-3H3,(H,28,34);1H. The predicted octanol–water partition coefficient (Wildman–Crippen LogP) is 4.18. The van der Waals surface area contributed by atoms with E-state index in [9.17, 15) is 9.18 Å². The lowest BCUT2D eigenvalue weighted by molar-refractivity contribution is -0.121. The molecule has 35 heavy (non-hydrogen) atoms. The molecule has 1 unspecified atom stereocenters. The second-order valence-electron chi connectivity index (χ2n) is 10.2. The second kappa shape index (κ2) is 10.1. The number of fused-ring (bicyclic) bond motifs is 1. The number of benzene rings is 1. The first-order valence-electron chi connectivity index (χ1n) is 12.2. The van der Waals surface area contributed by atoms with Crippen molar-refractivity contribution in [2.75, 3.05) is 38.1 Å². The molecule has 0 bridgehead atoms. The summed E-state index contributed by atoms with van der Waals surface area (Å²) >= 11 is 0. The summed E-state index contributed by atoms with van der Waals surface area (Å²) in [6.07, 6.45) is 4.28. The Bertz CT molecular complexity index is 1210. The number of hydrogen-bond acceptors (Lipinski definition) is 5. The van der Waals surface area contributed by atoms with Gasteiger partial charge in [-0.05, 0) is 37.0 Å². The highest BCUT2D eigenvalue weighted by Crippen LogP contribution is 2.38. The van der Waals surface area contributed by atoms with Gasteiger partial charge in [-0.2, -0.15) is 4.98 Å². The fourth-order valence-electron chi connectivity index (χ4n) is 5.34. The third-order valence-corrected chi connectivity index (χ3v) is 7.25. The van der Waals surface area contributed by atoms with Gasteiger partial charge in [-0.1, -0.05) is 26.0 Å². The number of amides is 1. The molecule has 2 fully saturated rings. The topological polar surface area (TPSA) is 75.1 Å². The average molecular weight is 501 g/mol. The highest BCUT2D eigenvalue weighted by Gasteiger charge is 2.43. The lowest BCUT2D eigenvalue weighted by Gasteiger charge is -2.39. The van der Waals surface area contributed by atoms with E-state index in [0.29, 0.717) is 29.5 Å². The first kappa shape index (κ1) is 25.4. The van der Waals surface area contributed by atoms with E-state index in [1.165, 1.54) is 6.07 Å². The van der Waals surface area contributed by atoms with Gasteiger partial charge >= 0.3 is 0 Å². The third kappa shape index (κ3) is 4.86.